The number of nitrogens with one attached hydrogen (secondary N) is 1. The number of hydrogen-bond donors (Lipinski definition) is 1. The summed E-state index contributed by atoms with van der Waals surface area (Å²) in [6.07, 6.45) is 9.08. The van der Waals surface area contributed by atoms with Gasteiger partial charge in [0.1, 0.15) is 0 Å². The lowest BCUT2D eigenvalue weighted by molar-refractivity contribution is 0.102. The first-order valence-corrected chi connectivity index (χ1v) is 7.34. The van der Waals surface area contributed by atoms with Crippen molar-refractivity contribution in [2.75, 3.05) is 5.32 Å². The van der Waals surface area contributed by atoms with E-state index in [2.05, 4.69) is 15.3 Å². The molecule has 0 bridgehead atoms. The molecule has 19 heavy (non-hydrogen) atoms. The number of pyridine rings is 1. The van der Waals surface area contributed by atoms with E-state index in [1.165, 1.54) is 29.8 Å². The maximum atomic E-state index is 12.0. The van der Waals surface area contributed by atoms with Crippen molar-refractivity contribution >= 4 is 22.4 Å². The number of hydrogen-bond acceptors (Lipinski definition) is 4. The van der Waals surface area contributed by atoms with Gasteiger partial charge in [-0.05, 0) is 37.8 Å². The summed E-state index contributed by atoms with van der Waals surface area (Å²) < 4.78 is 0. The molecular formula is C14H15N3OS. The van der Waals surface area contributed by atoms with Gasteiger partial charge in [-0.15, -0.1) is 11.3 Å². The van der Waals surface area contributed by atoms with E-state index in [1.54, 1.807) is 35.9 Å². The van der Waals surface area contributed by atoms with Gasteiger partial charge in [-0.25, -0.2) is 4.98 Å². The minimum Gasteiger partial charge on any atom is -0.298 e. The Kier molecular flexibility index (Phi) is 3.55. The molecule has 5 heteroatoms. The lowest BCUT2D eigenvalue weighted by Crippen LogP contribution is -2.11. The third-order valence-electron chi connectivity index (χ3n) is 3.26. The number of aromatic nitrogens is 2. The molecule has 2 aromatic heterocycles. The minimum absolute atomic E-state index is 0.119. The van der Waals surface area contributed by atoms with Gasteiger partial charge < -0.3 is 0 Å². The SMILES string of the molecule is O=C(Nc1nc2c(s1)CCCCC2)c1ccncc1. The predicted octanol–water partition coefficient (Wildman–Crippen LogP) is 3.06. The van der Waals surface area contributed by atoms with Crippen LogP contribution in [0.1, 0.15) is 40.2 Å². The van der Waals surface area contributed by atoms with Crippen molar-refractivity contribution in [1.29, 1.82) is 0 Å². The van der Waals surface area contributed by atoms with Crippen molar-refractivity contribution in [3.05, 3.63) is 40.7 Å². The number of rotatable bonds is 2. The summed E-state index contributed by atoms with van der Waals surface area (Å²) in [6, 6.07) is 3.40. The van der Waals surface area contributed by atoms with Crippen LogP contribution in [0.5, 0.6) is 0 Å². The van der Waals surface area contributed by atoms with Crippen molar-refractivity contribution in [2.45, 2.75) is 32.1 Å². The second-order valence-corrected chi connectivity index (χ2v) is 5.72. The van der Waals surface area contributed by atoms with Crippen molar-refractivity contribution in [1.82, 2.24) is 9.97 Å². The quantitative estimate of drug-likeness (QED) is 0.856. The second kappa shape index (κ2) is 5.48. The first-order chi connectivity index (χ1) is 9.33. The highest BCUT2D eigenvalue weighted by Crippen LogP contribution is 2.29. The van der Waals surface area contributed by atoms with Gasteiger partial charge in [0, 0.05) is 22.8 Å². The summed E-state index contributed by atoms with van der Waals surface area (Å²) in [7, 11) is 0. The Balaban J connectivity index is 1.75. The first kappa shape index (κ1) is 12.3. The molecule has 0 aliphatic heterocycles. The average molecular weight is 273 g/mol. The van der Waals surface area contributed by atoms with E-state index in [0.717, 1.165) is 12.8 Å². The molecule has 2 aromatic rings. The Morgan fingerprint density at radius 3 is 2.79 bits per heavy atom. The standard InChI is InChI=1S/C14H15N3OS/c18-13(10-6-8-15-9-7-10)17-14-16-11-4-2-1-3-5-12(11)19-14/h6-9H,1-5H2,(H,16,17,18). The van der Waals surface area contributed by atoms with E-state index in [1.807, 2.05) is 0 Å². The van der Waals surface area contributed by atoms with Crippen molar-refractivity contribution in [3.8, 4) is 0 Å². The highest BCUT2D eigenvalue weighted by atomic mass is 32.1. The van der Waals surface area contributed by atoms with Crippen LogP contribution in [0.25, 0.3) is 0 Å². The van der Waals surface area contributed by atoms with Crippen molar-refractivity contribution in [3.63, 3.8) is 0 Å². The number of amides is 1. The van der Waals surface area contributed by atoms with E-state index in [-0.39, 0.29) is 5.91 Å². The van der Waals surface area contributed by atoms with E-state index < -0.39 is 0 Å². The van der Waals surface area contributed by atoms with Gasteiger partial charge in [-0.1, -0.05) is 6.42 Å². The summed E-state index contributed by atoms with van der Waals surface area (Å²) in [5.74, 6) is -0.119. The largest absolute Gasteiger partial charge is 0.298 e. The molecule has 1 amide bonds. The van der Waals surface area contributed by atoms with Crippen LogP contribution in [0, 0.1) is 0 Å². The molecular weight excluding hydrogens is 258 g/mol. The average Bonchev–Trinajstić information content (AvgIpc) is 2.69. The number of nitrogens with zero attached hydrogens (tertiary/aromatic N) is 2. The Morgan fingerprint density at radius 2 is 1.95 bits per heavy atom. The first-order valence-electron chi connectivity index (χ1n) is 6.53. The van der Waals surface area contributed by atoms with E-state index in [0.29, 0.717) is 10.7 Å². The number of fused-ring (bicyclic) bond motifs is 1. The van der Waals surface area contributed by atoms with E-state index >= 15 is 0 Å². The lowest BCUT2D eigenvalue weighted by atomic mass is 10.2. The fourth-order valence-electron chi connectivity index (χ4n) is 2.25. The Bertz CT molecular complexity index is 556. The van der Waals surface area contributed by atoms with Gasteiger partial charge in [0.25, 0.3) is 5.91 Å². The van der Waals surface area contributed by atoms with Gasteiger partial charge in [0.15, 0.2) is 5.13 Å². The van der Waals surface area contributed by atoms with Gasteiger partial charge >= 0.3 is 0 Å². The Labute approximate surface area is 115 Å². The van der Waals surface area contributed by atoms with Crippen LogP contribution >= 0.6 is 11.3 Å². The molecule has 0 unspecified atom stereocenters. The third-order valence-corrected chi connectivity index (χ3v) is 4.33. The zero-order valence-electron chi connectivity index (χ0n) is 10.6. The zero-order valence-corrected chi connectivity index (χ0v) is 11.4. The highest BCUT2D eigenvalue weighted by Gasteiger charge is 2.15. The molecule has 0 saturated carbocycles. The zero-order chi connectivity index (χ0) is 13.1. The van der Waals surface area contributed by atoms with Crippen LogP contribution in [-0.2, 0) is 12.8 Å². The van der Waals surface area contributed by atoms with Crippen LogP contribution in [0.3, 0.4) is 0 Å². The summed E-state index contributed by atoms with van der Waals surface area (Å²) in [4.78, 5) is 21.8. The molecule has 98 valence electrons. The highest BCUT2D eigenvalue weighted by molar-refractivity contribution is 7.15. The number of aryl methyl sites for hydroxylation is 2. The summed E-state index contributed by atoms with van der Waals surface area (Å²) >= 11 is 1.61. The molecule has 0 spiro atoms. The molecule has 0 aromatic carbocycles. The summed E-state index contributed by atoms with van der Waals surface area (Å²) in [5.41, 5.74) is 1.79. The fraction of sp³-hybridized carbons (Fsp3) is 0.357. The van der Waals surface area contributed by atoms with Crippen LogP contribution < -0.4 is 5.32 Å². The molecule has 1 aliphatic carbocycles. The molecule has 1 N–H and O–H groups in total. The topological polar surface area (TPSA) is 54.9 Å². The number of anilines is 1. The van der Waals surface area contributed by atoms with Crippen LogP contribution in [0.2, 0.25) is 0 Å². The van der Waals surface area contributed by atoms with Crippen LogP contribution in [0.4, 0.5) is 5.13 Å². The van der Waals surface area contributed by atoms with Crippen molar-refractivity contribution < 1.29 is 4.79 Å². The maximum Gasteiger partial charge on any atom is 0.257 e. The predicted molar refractivity (Wildman–Crippen MR) is 75.6 cm³/mol. The smallest absolute Gasteiger partial charge is 0.257 e. The van der Waals surface area contributed by atoms with Gasteiger partial charge in [-0.3, -0.25) is 15.1 Å². The number of carbonyl (C=O) groups excluding carboxylic acids is 1. The number of thiazole rings is 1. The summed E-state index contributed by atoms with van der Waals surface area (Å²) in [5, 5.41) is 3.59. The second-order valence-electron chi connectivity index (χ2n) is 4.64. The molecule has 0 atom stereocenters. The molecule has 3 rings (SSSR count). The maximum absolute atomic E-state index is 12.0. The summed E-state index contributed by atoms with van der Waals surface area (Å²) in [6.45, 7) is 0. The van der Waals surface area contributed by atoms with Gasteiger partial charge in [0.05, 0.1) is 5.69 Å². The molecule has 2 heterocycles. The normalized spacial score (nSPS) is 14.5. The van der Waals surface area contributed by atoms with Crippen molar-refractivity contribution in [2.24, 2.45) is 0 Å². The molecule has 0 fully saturated rings. The fourth-order valence-corrected chi connectivity index (χ4v) is 3.30. The molecule has 0 radical (unpaired) electrons. The van der Waals surface area contributed by atoms with Crippen LogP contribution in [0.15, 0.2) is 24.5 Å². The van der Waals surface area contributed by atoms with E-state index in [9.17, 15) is 4.79 Å². The third kappa shape index (κ3) is 2.81. The molecule has 1 aliphatic rings. The molecule has 4 nitrogen and oxygen atoms in total. The van der Waals surface area contributed by atoms with Gasteiger partial charge in [0.2, 0.25) is 0 Å². The van der Waals surface area contributed by atoms with E-state index in [4.69, 9.17) is 0 Å². The number of carbonyl (C=O) groups is 1. The monoisotopic (exact) mass is 273 g/mol. The Hall–Kier alpha value is -1.75. The minimum atomic E-state index is -0.119. The Morgan fingerprint density at radius 1 is 1.16 bits per heavy atom. The molecule has 0 saturated heterocycles. The van der Waals surface area contributed by atoms with Crippen LogP contribution in [-0.4, -0.2) is 15.9 Å². The van der Waals surface area contributed by atoms with Gasteiger partial charge in [-0.2, -0.15) is 0 Å². The lowest BCUT2D eigenvalue weighted by Gasteiger charge is -2.00.